The minimum atomic E-state index is 0.0695. The summed E-state index contributed by atoms with van der Waals surface area (Å²) in [6, 6.07) is 28.4. The third-order valence-corrected chi connectivity index (χ3v) is 8.46. The van der Waals surface area contributed by atoms with E-state index in [1.54, 1.807) is 22.7 Å². The van der Waals surface area contributed by atoms with Crippen molar-refractivity contribution >= 4 is 54.5 Å². The van der Waals surface area contributed by atoms with Gasteiger partial charge in [0.25, 0.3) is 0 Å². The number of thiazole rings is 2. The number of nitrogens with zero attached hydrogens (tertiary/aromatic N) is 3. The molecule has 0 aliphatic rings. The van der Waals surface area contributed by atoms with Crippen LogP contribution in [0.5, 0.6) is 0 Å². The quantitative estimate of drug-likeness (QED) is 0.206. The Morgan fingerprint density at radius 1 is 0.667 bits per heavy atom. The highest BCUT2D eigenvalue weighted by molar-refractivity contribution is 7.22. The summed E-state index contributed by atoms with van der Waals surface area (Å²) in [6.45, 7) is 0.140. The van der Waals surface area contributed by atoms with Crippen molar-refractivity contribution in [3.8, 4) is 21.1 Å². The molecule has 0 fully saturated rings. The van der Waals surface area contributed by atoms with Gasteiger partial charge < -0.3 is 20.4 Å². The van der Waals surface area contributed by atoms with Crippen molar-refractivity contribution in [3.05, 3.63) is 96.1 Å². The van der Waals surface area contributed by atoms with Gasteiger partial charge in [0.1, 0.15) is 10.0 Å². The zero-order chi connectivity index (χ0) is 27.4. The highest BCUT2D eigenvalue weighted by Crippen LogP contribution is 2.32. The zero-order valence-electron chi connectivity index (χ0n) is 22.0. The van der Waals surface area contributed by atoms with Crippen molar-refractivity contribution in [1.82, 2.24) is 9.97 Å². The Labute approximate surface area is 235 Å². The minimum Gasteiger partial charge on any atom is -0.392 e. The summed E-state index contributed by atoms with van der Waals surface area (Å²) in [4.78, 5) is 11.4. The SMILES string of the molecule is CN([11CH3])c1ccc(-c2nc3ccc(CO)cc3s2)cc1.CNc1ccc(-c2nc3ccc(CO)cc3s2)cc1. The van der Waals surface area contributed by atoms with E-state index >= 15 is 0 Å². The molecular formula is C31H30N4O2S2. The Hall–Kier alpha value is -3.82. The number of fused-ring (bicyclic) bond motifs is 2. The van der Waals surface area contributed by atoms with Crippen molar-refractivity contribution in [2.45, 2.75) is 13.2 Å². The number of benzene rings is 4. The molecule has 8 heteroatoms. The molecule has 0 amide bonds. The van der Waals surface area contributed by atoms with Gasteiger partial charge in [-0.15, -0.1) is 22.7 Å². The summed E-state index contributed by atoms with van der Waals surface area (Å²) in [5.41, 5.74) is 8.33. The van der Waals surface area contributed by atoms with Crippen LogP contribution in [0.15, 0.2) is 84.9 Å². The van der Waals surface area contributed by atoms with E-state index in [1.807, 2.05) is 69.7 Å². The molecule has 0 bridgehead atoms. The van der Waals surface area contributed by atoms with Crippen molar-refractivity contribution < 1.29 is 10.2 Å². The van der Waals surface area contributed by atoms with Crippen molar-refractivity contribution in [3.63, 3.8) is 0 Å². The Morgan fingerprint density at radius 3 is 1.54 bits per heavy atom. The van der Waals surface area contributed by atoms with E-state index in [0.29, 0.717) is 0 Å². The molecule has 6 rings (SSSR count). The highest BCUT2D eigenvalue weighted by Gasteiger charge is 2.08. The summed E-state index contributed by atoms with van der Waals surface area (Å²) in [5, 5.41) is 23.5. The summed E-state index contributed by atoms with van der Waals surface area (Å²) in [6.07, 6.45) is 0. The largest absolute Gasteiger partial charge is 0.392 e. The first kappa shape index (κ1) is 26.8. The predicted molar refractivity (Wildman–Crippen MR) is 166 cm³/mol. The fourth-order valence-electron chi connectivity index (χ4n) is 4.06. The number of nitrogens with one attached hydrogen (secondary N) is 1. The van der Waals surface area contributed by atoms with Gasteiger partial charge in [-0.2, -0.15) is 0 Å². The summed E-state index contributed by atoms with van der Waals surface area (Å²) in [7, 11) is 5.97. The molecular weight excluding hydrogens is 524 g/mol. The molecule has 0 aliphatic heterocycles. The molecule has 3 N–H and O–H groups in total. The molecule has 4 aromatic carbocycles. The second kappa shape index (κ2) is 11.9. The molecule has 0 atom stereocenters. The molecule has 198 valence electrons. The number of hydrogen-bond donors (Lipinski definition) is 3. The van der Waals surface area contributed by atoms with Gasteiger partial charge in [-0.3, -0.25) is 0 Å². The van der Waals surface area contributed by atoms with Crippen LogP contribution in [0.1, 0.15) is 11.1 Å². The van der Waals surface area contributed by atoms with Crippen molar-refractivity contribution in [2.24, 2.45) is 0 Å². The first-order valence-corrected chi connectivity index (χ1v) is 14.2. The molecule has 0 spiro atoms. The van der Waals surface area contributed by atoms with Crippen LogP contribution in [0.3, 0.4) is 0 Å². The number of rotatable bonds is 6. The average molecular weight is 554 g/mol. The monoisotopic (exact) mass is 553 g/mol. The third-order valence-electron chi connectivity index (χ3n) is 6.32. The van der Waals surface area contributed by atoms with E-state index in [2.05, 4.69) is 56.6 Å². The third kappa shape index (κ3) is 6.10. The Morgan fingerprint density at radius 2 is 1.13 bits per heavy atom. The zero-order valence-corrected chi connectivity index (χ0v) is 23.7. The average Bonchev–Trinajstić information content (AvgIpc) is 3.61. The van der Waals surface area contributed by atoms with Gasteiger partial charge in [-0.1, -0.05) is 12.1 Å². The standard InChI is InChI=1S/C16H16N2OS.C15H14N2OS/c1-18(2)13-6-4-12(5-7-13)16-17-14-8-3-11(10-19)9-15(14)20-16;1-16-12-5-3-11(4-6-12)15-17-13-7-2-10(9-18)8-14(13)19-15/h3-9,19H,10H2,1-2H3;2-8,16,18H,9H2,1H3/i1-1;. The minimum absolute atomic E-state index is 0.0695. The van der Waals surface area contributed by atoms with Crippen LogP contribution in [0.25, 0.3) is 41.6 Å². The molecule has 0 aliphatic carbocycles. The van der Waals surface area contributed by atoms with E-state index in [0.717, 1.165) is 58.4 Å². The highest BCUT2D eigenvalue weighted by atomic mass is 32.1. The van der Waals surface area contributed by atoms with Crippen LogP contribution in [-0.2, 0) is 13.2 Å². The maximum atomic E-state index is 9.18. The normalized spacial score (nSPS) is 10.9. The summed E-state index contributed by atoms with van der Waals surface area (Å²) in [5.74, 6) is 0. The number of anilines is 2. The van der Waals surface area contributed by atoms with Gasteiger partial charge in [-0.05, 0) is 83.9 Å². The molecule has 0 unspecified atom stereocenters. The van der Waals surface area contributed by atoms with Gasteiger partial charge in [0.05, 0.1) is 33.6 Å². The lowest BCUT2D eigenvalue weighted by Crippen LogP contribution is -2.07. The Bertz CT molecular complexity index is 1690. The Kier molecular flexibility index (Phi) is 8.18. The molecule has 2 aromatic heterocycles. The van der Waals surface area contributed by atoms with Gasteiger partial charge in [-0.25, -0.2) is 9.97 Å². The van der Waals surface area contributed by atoms with E-state index in [-0.39, 0.29) is 13.2 Å². The smallest absolute Gasteiger partial charge is 0.124 e. The summed E-state index contributed by atoms with van der Waals surface area (Å²) >= 11 is 3.31. The van der Waals surface area contributed by atoms with Crippen LogP contribution < -0.4 is 10.2 Å². The van der Waals surface area contributed by atoms with E-state index < -0.39 is 0 Å². The van der Waals surface area contributed by atoms with Crippen LogP contribution in [0.2, 0.25) is 0 Å². The molecule has 6 nitrogen and oxygen atoms in total. The molecule has 0 radical (unpaired) electrons. The van der Waals surface area contributed by atoms with E-state index in [9.17, 15) is 5.11 Å². The fourth-order valence-corrected chi connectivity index (χ4v) is 6.13. The van der Waals surface area contributed by atoms with Crippen LogP contribution >= 0.6 is 22.7 Å². The number of aliphatic hydroxyl groups excluding tert-OH is 2. The van der Waals surface area contributed by atoms with Crippen LogP contribution in [0.4, 0.5) is 11.4 Å². The molecule has 2 heterocycles. The predicted octanol–water partition coefficient (Wildman–Crippen LogP) is 7.02. The second-order valence-corrected chi connectivity index (χ2v) is 11.3. The number of aliphatic hydroxyl groups is 2. The second-order valence-electron chi connectivity index (χ2n) is 9.23. The van der Waals surface area contributed by atoms with Crippen molar-refractivity contribution in [1.29, 1.82) is 0 Å². The molecule has 39 heavy (non-hydrogen) atoms. The summed E-state index contributed by atoms with van der Waals surface area (Å²) < 4.78 is 2.22. The molecule has 6 aromatic rings. The lowest BCUT2D eigenvalue weighted by molar-refractivity contribution is 0.282. The van der Waals surface area contributed by atoms with Gasteiger partial charge in [0, 0.05) is 43.6 Å². The maximum absolute atomic E-state index is 9.18. The van der Waals surface area contributed by atoms with Crippen LogP contribution in [-0.4, -0.2) is 41.3 Å². The van der Waals surface area contributed by atoms with Gasteiger partial charge >= 0.3 is 0 Å². The lowest BCUT2D eigenvalue weighted by atomic mass is 10.2. The molecule has 0 saturated heterocycles. The lowest BCUT2D eigenvalue weighted by Gasteiger charge is -2.11. The maximum Gasteiger partial charge on any atom is 0.124 e. The van der Waals surface area contributed by atoms with E-state index in [1.165, 1.54) is 5.69 Å². The van der Waals surface area contributed by atoms with Gasteiger partial charge in [0.15, 0.2) is 0 Å². The first-order valence-electron chi connectivity index (χ1n) is 12.5. The van der Waals surface area contributed by atoms with E-state index in [4.69, 9.17) is 5.11 Å². The van der Waals surface area contributed by atoms with Crippen molar-refractivity contribution in [2.75, 3.05) is 31.4 Å². The first-order chi connectivity index (χ1) is 19.0. The fraction of sp³-hybridized carbons (Fsp3) is 0.161. The number of hydrogen-bond acceptors (Lipinski definition) is 8. The number of aromatic nitrogens is 2. The molecule has 0 saturated carbocycles. The Balaban J connectivity index is 0.000000158. The van der Waals surface area contributed by atoms with Gasteiger partial charge in [0.2, 0.25) is 0 Å². The van der Waals surface area contributed by atoms with Crippen LogP contribution in [0, 0.1) is 0 Å². The topological polar surface area (TPSA) is 81.5 Å².